The lowest BCUT2D eigenvalue weighted by Crippen LogP contribution is -1.93. The lowest BCUT2D eigenvalue weighted by Gasteiger charge is -2.08. The van der Waals surface area contributed by atoms with Gasteiger partial charge in [0.2, 0.25) is 0 Å². The molecule has 0 saturated heterocycles. The summed E-state index contributed by atoms with van der Waals surface area (Å²) >= 11 is 0. The van der Waals surface area contributed by atoms with E-state index in [-0.39, 0.29) is 0 Å². The van der Waals surface area contributed by atoms with Gasteiger partial charge in [-0.2, -0.15) is 0 Å². The van der Waals surface area contributed by atoms with Crippen LogP contribution < -0.4 is 0 Å². The number of benzene rings is 4. The number of rotatable bonds is 1. The third kappa shape index (κ3) is 1.57. The third-order valence-electron chi connectivity index (χ3n) is 5.70. The van der Waals surface area contributed by atoms with Gasteiger partial charge in [0.05, 0.1) is 11.0 Å². The molecule has 124 valence electrons. The van der Waals surface area contributed by atoms with Crippen LogP contribution in [0.1, 0.15) is 6.92 Å². The number of hydrogen-bond acceptors (Lipinski definition) is 0. The first-order chi connectivity index (χ1) is 12.9. The van der Waals surface area contributed by atoms with Crippen LogP contribution in [0.4, 0.5) is 0 Å². The van der Waals surface area contributed by atoms with Crippen molar-refractivity contribution < 1.29 is 0 Å². The summed E-state index contributed by atoms with van der Waals surface area (Å²) in [5.74, 6) is 0. The minimum Gasteiger partial charge on any atom is -0.354 e. The van der Waals surface area contributed by atoms with E-state index in [1.807, 2.05) is 0 Å². The molecule has 6 aromatic rings. The number of H-pyrrole nitrogens is 1. The summed E-state index contributed by atoms with van der Waals surface area (Å²) < 4.78 is 2.47. The van der Waals surface area contributed by atoms with Crippen LogP contribution in [0.25, 0.3) is 54.4 Å². The molecule has 0 fully saturated rings. The molecule has 2 heterocycles. The molecule has 6 rings (SSSR count). The van der Waals surface area contributed by atoms with E-state index in [1.165, 1.54) is 54.4 Å². The van der Waals surface area contributed by atoms with Gasteiger partial charge in [-0.3, -0.25) is 0 Å². The van der Waals surface area contributed by atoms with Crippen molar-refractivity contribution in [2.45, 2.75) is 13.5 Å². The van der Waals surface area contributed by atoms with Gasteiger partial charge in [0.15, 0.2) is 0 Å². The first kappa shape index (κ1) is 14.0. The molecule has 0 bridgehead atoms. The van der Waals surface area contributed by atoms with Crippen LogP contribution in [0.15, 0.2) is 72.8 Å². The molecule has 0 saturated carbocycles. The fraction of sp³-hybridized carbons (Fsp3) is 0.0833. The average molecular weight is 334 g/mol. The number of aromatic amines is 1. The molecular formula is C24H18N2. The van der Waals surface area contributed by atoms with E-state index in [0.717, 1.165) is 6.54 Å². The molecule has 0 amide bonds. The topological polar surface area (TPSA) is 20.7 Å². The summed E-state index contributed by atoms with van der Waals surface area (Å²) in [6.07, 6.45) is 0. The zero-order valence-electron chi connectivity index (χ0n) is 14.6. The second-order valence-electron chi connectivity index (χ2n) is 6.95. The lowest BCUT2D eigenvalue weighted by atomic mass is 9.99. The highest BCUT2D eigenvalue weighted by atomic mass is 15.0. The first-order valence-corrected chi connectivity index (χ1v) is 9.20. The van der Waals surface area contributed by atoms with Crippen molar-refractivity contribution in [2.24, 2.45) is 0 Å². The van der Waals surface area contributed by atoms with Gasteiger partial charge in [0.1, 0.15) is 0 Å². The fourth-order valence-electron chi connectivity index (χ4n) is 4.67. The summed E-state index contributed by atoms with van der Waals surface area (Å²) in [5, 5.41) is 7.97. The number of para-hydroxylation sites is 2. The Morgan fingerprint density at radius 1 is 0.692 bits per heavy atom. The van der Waals surface area contributed by atoms with E-state index in [0.29, 0.717) is 0 Å². The van der Waals surface area contributed by atoms with Crippen LogP contribution in [0.5, 0.6) is 0 Å². The Labute approximate surface area is 150 Å². The normalized spacial score (nSPS) is 12.2. The Balaban J connectivity index is 2.10. The smallest absolute Gasteiger partial charge is 0.0599 e. The van der Waals surface area contributed by atoms with E-state index in [9.17, 15) is 0 Å². The van der Waals surface area contributed by atoms with E-state index in [4.69, 9.17) is 0 Å². The predicted octanol–water partition coefficient (Wildman–Crippen LogP) is 6.60. The Kier molecular flexibility index (Phi) is 2.63. The summed E-state index contributed by atoms with van der Waals surface area (Å²) in [6.45, 7) is 3.19. The summed E-state index contributed by atoms with van der Waals surface area (Å²) in [6, 6.07) is 26.2. The highest BCUT2D eigenvalue weighted by molar-refractivity contribution is 6.35. The molecular weight excluding hydrogens is 316 g/mol. The fourth-order valence-corrected chi connectivity index (χ4v) is 4.67. The molecule has 0 unspecified atom stereocenters. The van der Waals surface area contributed by atoms with Gasteiger partial charge in [-0.05, 0) is 24.4 Å². The molecule has 0 aliphatic rings. The number of aromatic nitrogens is 2. The third-order valence-corrected chi connectivity index (χ3v) is 5.70. The van der Waals surface area contributed by atoms with Crippen molar-refractivity contribution >= 4 is 54.4 Å². The maximum Gasteiger partial charge on any atom is 0.0599 e. The maximum absolute atomic E-state index is 3.70. The molecule has 0 atom stereocenters. The van der Waals surface area contributed by atoms with E-state index >= 15 is 0 Å². The number of nitrogens with one attached hydrogen (secondary N) is 1. The Hall–Kier alpha value is -3.26. The zero-order chi connectivity index (χ0) is 17.3. The number of fused-ring (bicyclic) bond motifs is 10. The molecule has 4 aromatic carbocycles. The van der Waals surface area contributed by atoms with Crippen LogP contribution in [-0.4, -0.2) is 9.55 Å². The molecule has 0 aliphatic heterocycles. The Morgan fingerprint density at radius 3 is 2.15 bits per heavy atom. The quantitative estimate of drug-likeness (QED) is 0.349. The number of nitrogens with zero attached hydrogens (tertiary/aromatic N) is 1. The predicted molar refractivity (Wildman–Crippen MR) is 112 cm³/mol. The number of hydrogen-bond donors (Lipinski definition) is 1. The minimum absolute atomic E-state index is 0.955. The molecule has 1 N–H and O–H groups in total. The monoisotopic (exact) mass is 334 g/mol. The van der Waals surface area contributed by atoms with Crippen LogP contribution >= 0.6 is 0 Å². The molecule has 26 heavy (non-hydrogen) atoms. The van der Waals surface area contributed by atoms with Crippen molar-refractivity contribution in [1.29, 1.82) is 0 Å². The molecule has 0 spiro atoms. The highest BCUT2D eigenvalue weighted by Crippen LogP contribution is 2.43. The van der Waals surface area contributed by atoms with E-state index in [1.54, 1.807) is 0 Å². The van der Waals surface area contributed by atoms with Crippen LogP contribution in [0.2, 0.25) is 0 Å². The van der Waals surface area contributed by atoms with Gasteiger partial charge in [0.25, 0.3) is 0 Å². The van der Waals surface area contributed by atoms with E-state index < -0.39 is 0 Å². The molecule has 2 aromatic heterocycles. The lowest BCUT2D eigenvalue weighted by molar-refractivity contribution is 0.830. The van der Waals surface area contributed by atoms with Crippen molar-refractivity contribution in [3.63, 3.8) is 0 Å². The largest absolute Gasteiger partial charge is 0.354 e. The summed E-state index contributed by atoms with van der Waals surface area (Å²) in [5.41, 5.74) is 5.10. The molecule has 0 aliphatic carbocycles. The summed E-state index contributed by atoms with van der Waals surface area (Å²) in [7, 11) is 0. The molecule has 2 heteroatoms. The van der Waals surface area contributed by atoms with Gasteiger partial charge < -0.3 is 9.55 Å². The number of aryl methyl sites for hydroxylation is 1. The van der Waals surface area contributed by atoms with Gasteiger partial charge in [0, 0.05) is 44.5 Å². The Bertz CT molecular complexity index is 1460. The second-order valence-corrected chi connectivity index (χ2v) is 6.95. The highest BCUT2D eigenvalue weighted by Gasteiger charge is 2.19. The molecule has 0 radical (unpaired) electrons. The second kappa shape index (κ2) is 4.89. The van der Waals surface area contributed by atoms with E-state index in [2.05, 4.69) is 89.3 Å². The van der Waals surface area contributed by atoms with Crippen LogP contribution in [0.3, 0.4) is 0 Å². The minimum atomic E-state index is 0.955. The van der Waals surface area contributed by atoms with Gasteiger partial charge in [-0.25, -0.2) is 0 Å². The average Bonchev–Trinajstić information content (AvgIpc) is 3.24. The zero-order valence-corrected chi connectivity index (χ0v) is 14.6. The van der Waals surface area contributed by atoms with Crippen molar-refractivity contribution in [2.75, 3.05) is 0 Å². The van der Waals surface area contributed by atoms with Crippen LogP contribution in [0, 0.1) is 0 Å². The van der Waals surface area contributed by atoms with Crippen LogP contribution in [-0.2, 0) is 6.54 Å². The van der Waals surface area contributed by atoms with Gasteiger partial charge in [-0.1, -0.05) is 60.7 Å². The Morgan fingerprint density at radius 2 is 1.35 bits per heavy atom. The maximum atomic E-state index is 3.70. The summed E-state index contributed by atoms with van der Waals surface area (Å²) in [4.78, 5) is 3.70. The van der Waals surface area contributed by atoms with Gasteiger partial charge in [-0.15, -0.1) is 0 Å². The van der Waals surface area contributed by atoms with Crippen molar-refractivity contribution in [3.8, 4) is 0 Å². The van der Waals surface area contributed by atoms with Gasteiger partial charge >= 0.3 is 0 Å². The SMILES string of the molecule is CCn1c2ccccc2c2c3ccccc3c3[nH]c4ccccc4c3c21. The van der Waals surface area contributed by atoms with Crippen molar-refractivity contribution in [3.05, 3.63) is 72.8 Å². The molecule has 2 nitrogen and oxygen atoms in total. The van der Waals surface area contributed by atoms with Crippen molar-refractivity contribution in [1.82, 2.24) is 9.55 Å². The first-order valence-electron chi connectivity index (χ1n) is 9.20. The standard InChI is InChI=1S/C24H18N2/c1-2-26-20-14-8-6-12-18(20)21-15-9-3-4-10-16(15)23-22(24(21)26)17-11-5-7-13-19(17)25-23/h3-14,25H,2H2,1H3.